The van der Waals surface area contributed by atoms with Crippen molar-refractivity contribution in [3.05, 3.63) is 16.3 Å². The van der Waals surface area contributed by atoms with E-state index in [2.05, 4.69) is 0 Å². The molecule has 0 radical (unpaired) electrons. The minimum absolute atomic E-state index is 0.0168. The molecule has 1 aromatic rings. The molecule has 1 heterocycles. The maximum Gasteiger partial charge on any atom is 0.252 e. The van der Waals surface area contributed by atoms with Gasteiger partial charge in [0.05, 0.1) is 11.4 Å². The Bertz CT molecular complexity index is 445. The second-order valence-electron chi connectivity index (χ2n) is 3.09. The van der Waals surface area contributed by atoms with Gasteiger partial charge in [0.2, 0.25) is 10.0 Å². The van der Waals surface area contributed by atoms with Gasteiger partial charge in [-0.1, -0.05) is 0 Å². The van der Waals surface area contributed by atoms with E-state index in [1.165, 1.54) is 17.4 Å². The van der Waals surface area contributed by atoms with Crippen LogP contribution in [0.25, 0.3) is 0 Å². The van der Waals surface area contributed by atoms with Crippen LogP contribution in [0, 0.1) is 0 Å². The number of nitrogens with zero attached hydrogens (tertiary/aromatic N) is 1. The number of hydrogen-bond donors (Lipinski definition) is 1. The molecule has 0 aliphatic rings. The number of thiophene rings is 1. The predicted octanol–water partition coefficient (Wildman–Crippen LogP) is 1.09. The van der Waals surface area contributed by atoms with E-state index >= 15 is 0 Å². The predicted molar refractivity (Wildman–Crippen MR) is 58.0 cm³/mol. The van der Waals surface area contributed by atoms with Crippen molar-refractivity contribution in [1.82, 2.24) is 4.31 Å². The van der Waals surface area contributed by atoms with Crippen LogP contribution >= 0.6 is 11.3 Å². The Morgan fingerprint density at radius 2 is 2.19 bits per heavy atom. The topological polar surface area (TPSA) is 63.4 Å². The molecular formula is C8H12F2N2O2S2. The van der Waals surface area contributed by atoms with Crippen LogP contribution in [0.2, 0.25) is 0 Å². The molecular weight excluding hydrogens is 258 g/mol. The van der Waals surface area contributed by atoms with Crippen molar-refractivity contribution >= 4 is 21.4 Å². The molecule has 0 bridgehead atoms. The first-order valence-electron chi connectivity index (χ1n) is 4.40. The minimum Gasteiger partial charge on any atom is -0.326 e. The molecule has 2 N–H and O–H groups in total. The Balaban J connectivity index is 3.02. The zero-order valence-electron chi connectivity index (χ0n) is 8.56. The minimum atomic E-state index is -3.85. The van der Waals surface area contributed by atoms with E-state index in [0.717, 1.165) is 7.05 Å². The molecule has 92 valence electrons. The molecule has 0 aromatic carbocycles. The van der Waals surface area contributed by atoms with Crippen molar-refractivity contribution in [2.24, 2.45) is 5.73 Å². The average molecular weight is 270 g/mol. The summed E-state index contributed by atoms with van der Waals surface area (Å²) in [6.07, 6.45) is -2.69. The molecule has 0 unspecified atom stereocenters. The third-order valence-electron chi connectivity index (χ3n) is 1.97. The third kappa shape index (κ3) is 2.76. The third-order valence-corrected chi connectivity index (χ3v) is 4.95. The first-order valence-corrected chi connectivity index (χ1v) is 6.72. The second-order valence-corrected chi connectivity index (χ2v) is 6.10. The summed E-state index contributed by atoms with van der Waals surface area (Å²) >= 11 is 1.19. The second kappa shape index (κ2) is 5.17. The van der Waals surface area contributed by atoms with E-state index in [1.54, 1.807) is 5.38 Å². The van der Waals surface area contributed by atoms with Gasteiger partial charge in [-0.25, -0.2) is 17.2 Å². The fraction of sp³-hybridized carbons (Fsp3) is 0.500. The fourth-order valence-electron chi connectivity index (χ4n) is 1.17. The highest BCUT2D eigenvalue weighted by atomic mass is 32.2. The molecule has 0 aliphatic heterocycles. The number of rotatable bonds is 5. The molecule has 0 atom stereocenters. The molecule has 0 saturated heterocycles. The highest BCUT2D eigenvalue weighted by Crippen LogP contribution is 2.24. The van der Waals surface area contributed by atoms with Gasteiger partial charge in [-0.05, 0) is 11.4 Å². The lowest BCUT2D eigenvalue weighted by molar-refractivity contribution is 0.126. The number of alkyl halides is 2. The first-order chi connectivity index (χ1) is 7.39. The van der Waals surface area contributed by atoms with Crippen LogP contribution in [0.4, 0.5) is 8.78 Å². The van der Waals surface area contributed by atoms with Crippen molar-refractivity contribution in [3.63, 3.8) is 0 Å². The fourth-order valence-corrected chi connectivity index (χ4v) is 3.62. The van der Waals surface area contributed by atoms with Crippen molar-refractivity contribution in [3.8, 4) is 0 Å². The van der Waals surface area contributed by atoms with Crippen molar-refractivity contribution in [1.29, 1.82) is 0 Å². The van der Waals surface area contributed by atoms with Gasteiger partial charge >= 0.3 is 0 Å². The van der Waals surface area contributed by atoms with Gasteiger partial charge < -0.3 is 5.73 Å². The van der Waals surface area contributed by atoms with Gasteiger partial charge in [-0.15, -0.1) is 11.3 Å². The lowest BCUT2D eigenvalue weighted by Gasteiger charge is -2.16. The first kappa shape index (κ1) is 13.5. The molecule has 0 fully saturated rings. The maximum atomic E-state index is 12.1. The number of hydrogen-bond acceptors (Lipinski definition) is 4. The summed E-state index contributed by atoms with van der Waals surface area (Å²) in [6, 6.07) is 1.38. The Morgan fingerprint density at radius 3 is 2.69 bits per heavy atom. The van der Waals surface area contributed by atoms with Gasteiger partial charge in [0, 0.05) is 18.5 Å². The number of halogens is 2. The molecule has 0 saturated carbocycles. The molecule has 0 aliphatic carbocycles. The van der Waals surface area contributed by atoms with E-state index in [4.69, 9.17) is 5.73 Å². The van der Waals surface area contributed by atoms with E-state index in [9.17, 15) is 17.2 Å². The summed E-state index contributed by atoms with van der Waals surface area (Å²) in [4.78, 5) is 0.490. The largest absolute Gasteiger partial charge is 0.326 e. The van der Waals surface area contributed by atoms with E-state index < -0.39 is 23.0 Å². The van der Waals surface area contributed by atoms with Crippen molar-refractivity contribution in [2.45, 2.75) is 17.9 Å². The van der Waals surface area contributed by atoms with Crippen LogP contribution in [-0.2, 0) is 16.6 Å². The van der Waals surface area contributed by atoms with Crippen LogP contribution in [-0.4, -0.2) is 32.7 Å². The van der Waals surface area contributed by atoms with Crippen LogP contribution in [0.5, 0.6) is 0 Å². The van der Waals surface area contributed by atoms with Gasteiger partial charge in [0.1, 0.15) is 0 Å². The molecule has 1 rings (SSSR count). The number of nitrogens with two attached hydrogens (primary N) is 1. The molecule has 1 aromatic heterocycles. The highest BCUT2D eigenvalue weighted by Gasteiger charge is 2.26. The standard InChI is InChI=1S/C8H12F2N2O2S2/c1-12(5-8(9)10)16(13,14)7-2-3-15-6(7)4-11/h2-3,8H,4-5,11H2,1H3. The molecule has 4 nitrogen and oxygen atoms in total. The smallest absolute Gasteiger partial charge is 0.252 e. The monoisotopic (exact) mass is 270 g/mol. The Kier molecular flexibility index (Phi) is 4.36. The van der Waals surface area contributed by atoms with Gasteiger partial charge in [0.15, 0.2) is 0 Å². The van der Waals surface area contributed by atoms with E-state index in [-0.39, 0.29) is 11.4 Å². The zero-order valence-corrected chi connectivity index (χ0v) is 10.2. The molecule has 0 spiro atoms. The van der Waals surface area contributed by atoms with Crippen LogP contribution in [0.1, 0.15) is 4.88 Å². The summed E-state index contributed by atoms with van der Waals surface area (Å²) in [7, 11) is -2.73. The summed E-state index contributed by atoms with van der Waals surface area (Å²) in [5, 5.41) is 1.57. The quantitative estimate of drug-likeness (QED) is 0.871. The summed E-state index contributed by atoms with van der Waals surface area (Å²) in [5.74, 6) is 0. The summed E-state index contributed by atoms with van der Waals surface area (Å²) < 4.78 is 48.6. The highest BCUT2D eigenvalue weighted by molar-refractivity contribution is 7.89. The van der Waals surface area contributed by atoms with E-state index in [0.29, 0.717) is 9.18 Å². The zero-order chi connectivity index (χ0) is 12.3. The van der Waals surface area contributed by atoms with E-state index in [1.807, 2.05) is 0 Å². The van der Waals surface area contributed by atoms with Crippen LogP contribution in [0.3, 0.4) is 0 Å². The maximum absolute atomic E-state index is 12.1. The SMILES string of the molecule is CN(CC(F)F)S(=O)(=O)c1ccsc1CN. The van der Waals surface area contributed by atoms with Crippen LogP contribution < -0.4 is 5.73 Å². The van der Waals surface area contributed by atoms with Crippen LogP contribution in [0.15, 0.2) is 16.3 Å². The van der Waals surface area contributed by atoms with Gasteiger partial charge in [-0.2, -0.15) is 4.31 Å². The Labute approximate surface area is 96.7 Å². The van der Waals surface area contributed by atoms with Crippen molar-refractivity contribution in [2.75, 3.05) is 13.6 Å². The average Bonchev–Trinajstić information content (AvgIpc) is 2.64. The molecule has 8 heteroatoms. The lowest BCUT2D eigenvalue weighted by atomic mass is 10.5. The van der Waals surface area contributed by atoms with Gasteiger partial charge in [0.25, 0.3) is 6.43 Å². The normalized spacial score (nSPS) is 12.6. The summed E-state index contributed by atoms with van der Waals surface area (Å²) in [5.41, 5.74) is 5.37. The van der Waals surface area contributed by atoms with Crippen molar-refractivity contribution < 1.29 is 17.2 Å². The Hall–Kier alpha value is -0.570. The molecule has 16 heavy (non-hydrogen) atoms. The lowest BCUT2D eigenvalue weighted by Crippen LogP contribution is -2.31. The van der Waals surface area contributed by atoms with Gasteiger partial charge in [-0.3, -0.25) is 0 Å². The number of sulfonamides is 1. The summed E-state index contributed by atoms with van der Waals surface area (Å²) in [6.45, 7) is -0.739. The molecule has 0 amide bonds. The Morgan fingerprint density at radius 1 is 1.56 bits per heavy atom.